The molecule has 0 aliphatic carbocycles. The van der Waals surface area contributed by atoms with Gasteiger partial charge in [-0.3, -0.25) is 0 Å². The normalized spacial score (nSPS) is 18.2. The third-order valence-corrected chi connectivity index (χ3v) is 4.58. The molecule has 22 heavy (non-hydrogen) atoms. The number of rotatable bonds is 1. The van der Waals surface area contributed by atoms with E-state index in [9.17, 15) is 10.2 Å². The summed E-state index contributed by atoms with van der Waals surface area (Å²) in [6, 6.07) is 11.9. The van der Waals surface area contributed by atoms with Gasteiger partial charge in [0.2, 0.25) is 0 Å². The molecule has 0 bridgehead atoms. The van der Waals surface area contributed by atoms with E-state index in [0.717, 1.165) is 30.6 Å². The van der Waals surface area contributed by atoms with Crippen LogP contribution in [0.25, 0.3) is 0 Å². The first kappa shape index (κ1) is 17.1. The van der Waals surface area contributed by atoms with Crippen molar-refractivity contribution in [3.63, 3.8) is 0 Å². The Balaban J connectivity index is 0.00000176. The van der Waals surface area contributed by atoms with Gasteiger partial charge in [-0.25, -0.2) is 0 Å². The molecule has 1 aliphatic rings. The molecule has 0 unspecified atom stereocenters. The average Bonchev–Trinajstić information content (AvgIpc) is 2.65. The molecule has 2 aromatic rings. The van der Waals surface area contributed by atoms with E-state index in [-0.39, 0.29) is 39.4 Å². The van der Waals surface area contributed by atoms with Crippen LogP contribution in [-0.4, -0.2) is 35.3 Å². The van der Waals surface area contributed by atoms with Gasteiger partial charge >= 0.3 is 0 Å². The second-order valence-electron chi connectivity index (χ2n) is 5.60. The molecule has 0 amide bonds. The minimum atomic E-state index is -0.216. The van der Waals surface area contributed by atoms with E-state index in [1.807, 2.05) is 18.2 Å². The van der Waals surface area contributed by atoms with Crippen molar-refractivity contribution in [2.24, 2.45) is 0 Å². The van der Waals surface area contributed by atoms with Crippen molar-refractivity contribution in [2.45, 2.75) is 12.3 Å². The van der Waals surface area contributed by atoms with Crippen LogP contribution in [0.1, 0.15) is 22.6 Å². The summed E-state index contributed by atoms with van der Waals surface area (Å²) < 4.78 is 0. The molecule has 0 aromatic heterocycles. The second kappa shape index (κ2) is 6.90. The Bertz CT molecular complexity index is 663. The summed E-state index contributed by atoms with van der Waals surface area (Å²) in [5, 5.41) is 20.1. The number of halogens is 2. The highest BCUT2D eigenvalue weighted by molar-refractivity contribution is 8.93. The van der Waals surface area contributed by atoms with Crippen LogP contribution in [0, 0.1) is 0 Å². The van der Waals surface area contributed by atoms with Crippen LogP contribution in [0.4, 0.5) is 0 Å². The molecule has 1 heterocycles. The lowest BCUT2D eigenvalue weighted by atomic mass is 9.87. The number of nitrogens with zero attached hydrogens (tertiary/aromatic N) is 1. The number of likely N-dealkylation sites (N-methyl/N-ethyl adjacent to an activating group) is 1. The standard InChI is InChI=1S/C17H18ClNO2.BrH/c1-19-8-7-12-13(9-15(20)17(21)16(12)18)14(10-19)11-5-3-2-4-6-11;/h2-6,9,14,20-21H,7-8,10H2,1H3;1H/t14-;/m1./s1. The van der Waals surface area contributed by atoms with Crippen LogP contribution >= 0.6 is 28.6 Å². The summed E-state index contributed by atoms with van der Waals surface area (Å²) in [6.07, 6.45) is 0.766. The van der Waals surface area contributed by atoms with E-state index >= 15 is 0 Å². The van der Waals surface area contributed by atoms with Crippen molar-refractivity contribution in [1.29, 1.82) is 0 Å². The lowest BCUT2D eigenvalue weighted by Crippen LogP contribution is -2.24. The smallest absolute Gasteiger partial charge is 0.176 e. The van der Waals surface area contributed by atoms with Crippen LogP contribution in [0.15, 0.2) is 36.4 Å². The maximum absolute atomic E-state index is 9.93. The van der Waals surface area contributed by atoms with Gasteiger partial charge in [-0.15, -0.1) is 17.0 Å². The Morgan fingerprint density at radius 2 is 1.86 bits per heavy atom. The maximum Gasteiger partial charge on any atom is 0.176 e. The van der Waals surface area contributed by atoms with Crippen LogP contribution in [0.2, 0.25) is 5.02 Å². The zero-order chi connectivity index (χ0) is 15.0. The number of hydrogen-bond donors (Lipinski definition) is 2. The van der Waals surface area contributed by atoms with Gasteiger partial charge < -0.3 is 15.1 Å². The highest BCUT2D eigenvalue weighted by atomic mass is 79.9. The summed E-state index contributed by atoms with van der Waals surface area (Å²) in [5.41, 5.74) is 3.13. The van der Waals surface area contributed by atoms with E-state index in [4.69, 9.17) is 11.6 Å². The average molecular weight is 385 g/mol. The van der Waals surface area contributed by atoms with E-state index in [1.54, 1.807) is 6.07 Å². The van der Waals surface area contributed by atoms with E-state index < -0.39 is 0 Å². The number of phenolic OH excluding ortho intramolecular Hbond substituents is 2. The largest absolute Gasteiger partial charge is 0.504 e. The predicted octanol–water partition coefficient (Wildman–Crippen LogP) is 3.95. The molecule has 118 valence electrons. The molecule has 0 saturated heterocycles. The summed E-state index contributed by atoms with van der Waals surface area (Å²) in [7, 11) is 2.08. The summed E-state index contributed by atoms with van der Waals surface area (Å²) in [4.78, 5) is 2.25. The Morgan fingerprint density at radius 3 is 2.55 bits per heavy atom. The summed E-state index contributed by atoms with van der Waals surface area (Å²) >= 11 is 6.26. The molecule has 0 spiro atoms. The number of hydrogen-bond acceptors (Lipinski definition) is 3. The third-order valence-electron chi connectivity index (χ3n) is 4.17. The molecule has 1 aliphatic heterocycles. The van der Waals surface area contributed by atoms with Crippen LogP contribution in [-0.2, 0) is 6.42 Å². The molecule has 1 atom stereocenters. The van der Waals surface area contributed by atoms with E-state index in [1.165, 1.54) is 5.56 Å². The van der Waals surface area contributed by atoms with Crippen LogP contribution < -0.4 is 0 Å². The monoisotopic (exact) mass is 383 g/mol. The lowest BCUT2D eigenvalue weighted by Gasteiger charge is -2.22. The summed E-state index contributed by atoms with van der Waals surface area (Å²) in [5.74, 6) is -0.228. The van der Waals surface area contributed by atoms with Crippen molar-refractivity contribution in [3.05, 3.63) is 58.1 Å². The molecule has 0 fully saturated rings. The molecule has 3 rings (SSSR count). The molecule has 5 heteroatoms. The fourth-order valence-corrected chi connectivity index (χ4v) is 3.32. The first-order valence-corrected chi connectivity index (χ1v) is 7.42. The maximum atomic E-state index is 9.93. The van der Waals surface area contributed by atoms with Crippen molar-refractivity contribution in [1.82, 2.24) is 4.90 Å². The first-order chi connectivity index (χ1) is 10.1. The van der Waals surface area contributed by atoms with Gasteiger partial charge in [0.25, 0.3) is 0 Å². The van der Waals surface area contributed by atoms with Gasteiger partial charge in [-0.1, -0.05) is 41.9 Å². The Hall–Kier alpha value is -1.23. The molecule has 2 N–H and O–H groups in total. The molecule has 0 saturated carbocycles. The fourth-order valence-electron chi connectivity index (χ4n) is 3.02. The number of fused-ring (bicyclic) bond motifs is 1. The van der Waals surface area contributed by atoms with E-state index in [2.05, 4.69) is 24.1 Å². The SMILES string of the molecule is Br.CN1CCc2c(cc(O)c(O)c2Cl)[C@@H](c2ccccc2)C1. The fraction of sp³-hybridized carbons (Fsp3) is 0.294. The van der Waals surface area contributed by atoms with Gasteiger partial charge in [-0.2, -0.15) is 0 Å². The summed E-state index contributed by atoms with van der Waals surface area (Å²) in [6.45, 7) is 1.73. The van der Waals surface area contributed by atoms with Crippen LogP contribution in [0.3, 0.4) is 0 Å². The highest BCUT2D eigenvalue weighted by Crippen LogP contribution is 2.43. The van der Waals surface area contributed by atoms with Gasteiger partial charge in [0, 0.05) is 19.0 Å². The molecular weight excluding hydrogens is 366 g/mol. The highest BCUT2D eigenvalue weighted by Gasteiger charge is 2.27. The van der Waals surface area contributed by atoms with Gasteiger partial charge in [-0.05, 0) is 36.2 Å². The number of benzene rings is 2. The minimum absolute atomic E-state index is 0. The lowest BCUT2D eigenvalue weighted by molar-refractivity contribution is 0.338. The minimum Gasteiger partial charge on any atom is -0.504 e. The van der Waals surface area contributed by atoms with Crippen molar-refractivity contribution < 1.29 is 10.2 Å². The quantitative estimate of drug-likeness (QED) is 0.732. The number of aromatic hydroxyl groups is 2. The zero-order valence-corrected chi connectivity index (χ0v) is 14.8. The van der Waals surface area contributed by atoms with Crippen molar-refractivity contribution in [2.75, 3.05) is 20.1 Å². The Labute approximate surface area is 145 Å². The topological polar surface area (TPSA) is 43.7 Å². The zero-order valence-electron chi connectivity index (χ0n) is 12.3. The van der Waals surface area contributed by atoms with Crippen molar-refractivity contribution >= 4 is 28.6 Å². The number of phenols is 2. The third kappa shape index (κ3) is 3.09. The second-order valence-corrected chi connectivity index (χ2v) is 5.98. The molecule has 2 aromatic carbocycles. The van der Waals surface area contributed by atoms with Crippen LogP contribution in [0.5, 0.6) is 11.5 Å². The van der Waals surface area contributed by atoms with E-state index in [0.29, 0.717) is 0 Å². The molecule has 3 nitrogen and oxygen atoms in total. The first-order valence-electron chi connectivity index (χ1n) is 7.04. The van der Waals surface area contributed by atoms with Gasteiger partial charge in [0.1, 0.15) is 0 Å². The molecular formula is C17H19BrClNO2. The van der Waals surface area contributed by atoms with Crippen molar-refractivity contribution in [3.8, 4) is 11.5 Å². The Kier molecular flexibility index (Phi) is 5.37. The van der Waals surface area contributed by atoms with Gasteiger partial charge in [0.15, 0.2) is 11.5 Å². The molecule has 0 radical (unpaired) electrons. The predicted molar refractivity (Wildman–Crippen MR) is 94.6 cm³/mol. The Morgan fingerprint density at radius 1 is 1.18 bits per heavy atom. The van der Waals surface area contributed by atoms with Gasteiger partial charge in [0.05, 0.1) is 5.02 Å².